The van der Waals surface area contributed by atoms with Crippen molar-refractivity contribution in [3.63, 3.8) is 0 Å². The smallest absolute Gasteiger partial charge is 0.141 e. The number of nitrogens with zero attached hydrogens (tertiary/aromatic N) is 3. The van der Waals surface area contributed by atoms with E-state index in [0.717, 1.165) is 35.3 Å². The van der Waals surface area contributed by atoms with Gasteiger partial charge in [0.15, 0.2) is 0 Å². The van der Waals surface area contributed by atoms with E-state index < -0.39 is 0 Å². The Labute approximate surface area is 150 Å². The van der Waals surface area contributed by atoms with Crippen LogP contribution in [0, 0.1) is 0 Å². The van der Waals surface area contributed by atoms with E-state index in [0.29, 0.717) is 0 Å². The molecule has 0 spiro atoms. The maximum absolute atomic E-state index is 6.04. The molecule has 0 radical (unpaired) electrons. The van der Waals surface area contributed by atoms with Crippen LogP contribution >= 0.6 is 22.9 Å². The summed E-state index contributed by atoms with van der Waals surface area (Å²) in [5.41, 5.74) is 2.37. The van der Waals surface area contributed by atoms with Gasteiger partial charge in [-0.05, 0) is 17.7 Å². The van der Waals surface area contributed by atoms with Gasteiger partial charge in [0.2, 0.25) is 0 Å². The number of rotatable bonds is 2. The summed E-state index contributed by atoms with van der Waals surface area (Å²) in [6, 6.07) is 8.02. The number of likely N-dealkylation sites (N-methyl/N-ethyl adjacent to an activating group) is 1. The Morgan fingerprint density at radius 3 is 2.79 bits per heavy atom. The number of hydrogen-bond donors (Lipinski definition) is 1. The third-order valence-corrected chi connectivity index (χ3v) is 5.78. The Morgan fingerprint density at radius 2 is 1.96 bits per heavy atom. The molecule has 1 aliphatic rings. The fourth-order valence-corrected chi connectivity index (χ4v) is 4.32. The molecule has 1 unspecified atom stereocenters. The van der Waals surface area contributed by atoms with E-state index in [4.69, 9.17) is 11.6 Å². The molecule has 1 atom stereocenters. The number of anilines is 1. The quantitative estimate of drug-likeness (QED) is 0.763. The number of nitrogens with one attached hydrogen (secondary N) is 1. The van der Waals surface area contributed by atoms with Gasteiger partial charge < -0.3 is 9.80 Å². The molecule has 124 valence electrons. The maximum atomic E-state index is 6.04. The molecule has 1 fully saturated rings. The van der Waals surface area contributed by atoms with E-state index in [1.54, 1.807) is 22.6 Å². The van der Waals surface area contributed by atoms with Crippen LogP contribution in [0.4, 0.5) is 5.82 Å². The fourth-order valence-electron chi connectivity index (χ4n) is 3.29. The summed E-state index contributed by atoms with van der Waals surface area (Å²) in [5.74, 6) is 1.07. The van der Waals surface area contributed by atoms with Crippen molar-refractivity contribution in [3.8, 4) is 11.1 Å². The molecule has 3 aromatic rings. The molecule has 4 nitrogen and oxygen atoms in total. The highest BCUT2D eigenvalue weighted by Gasteiger charge is 2.21. The molecule has 1 saturated heterocycles. The molecule has 3 heterocycles. The zero-order valence-electron chi connectivity index (χ0n) is 13.6. The lowest BCUT2D eigenvalue weighted by atomic mass is 10.1. The van der Waals surface area contributed by atoms with Gasteiger partial charge in [0, 0.05) is 28.9 Å². The molecule has 0 saturated carbocycles. The van der Waals surface area contributed by atoms with Crippen molar-refractivity contribution >= 4 is 39.0 Å². The first kappa shape index (κ1) is 15.8. The van der Waals surface area contributed by atoms with Crippen LogP contribution in [0.3, 0.4) is 0 Å². The highest BCUT2D eigenvalue weighted by Crippen LogP contribution is 2.38. The van der Waals surface area contributed by atoms with Crippen molar-refractivity contribution in [2.24, 2.45) is 0 Å². The van der Waals surface area contributed by atoms with Gasteiger partial charge in [-0.15, -0.1) is 11.3 Å². The lowest BCUT2D eigenvalue weighted by Crippen LogP contribution is -3.09. The van der Waals surface area contributed by atoms with E-state index in [1.165, 1.54) is 29.5 Å². The van der Waals surface area contributed by atoms with Crippen LogP contribution in [-0.2, 0) is 0 Å². The second-order valence-electron chi connectivity index (χ2n) is 6.33. The third-order valence-electron chi connectivity index (χ3n) is 4.65. The molecule has 1 aliphatic heterocycles. The monoisotopic (exact) mass is 359 g/mol. The first-order valence-corrected chi connectivity index (χ1v) is 9.52. The van der Waals surface area contributed by atoms with E-state index in [-0.39, 0.29) is 0 Å². The molecular weight excluding hydrogens is 340 g/mol. The van der Waals surface area contributed by atoms with Gasteiger partial charge in [0.1, 0.15) is 17.0 Å². The zero-order chi connectivity index (χ0) is 16.5. The molecule has 6 heteroatoms. The van der Waals surface area contributed by atoms with Crippen molar-refractivity contribution in [2.75, 3.05) is 38.1 Å². The first-order chi connectivity index (χ1) is 11.7. The normalized spacial score (nSPS) is 18.8. The Kier molecular flexibility index (Phi) is 4.39. The fraction of sp³-hybridized carbons (Fsp3) is 0.333. The molecule has 1 aromatic carbocycles. The Hall–Kier alpha value is -1.69. The van der Waals surface area contributed by atoms with Gasteiger partial charge in [0.05, 0.1) is 32.1 Å². The number of fused-ring (bicyclic) bond motifs is 1. The molecule has 2 aromatic heterocycles. The third kappa shape index (κ3) is 2.99. The average molecular weight is 360 g/mol. The predicted octanol–water partition coefficient (Wildman–Crippen LogP) is 2.74. The van der Waals surface area contributed by atoms with Gasteiger partial charge in [-0.1, -0.05) is 23.7 Å². The van der Waals surface area contributed by atoms with Crippen molar-refractivity contribution in [3.05, 3.63) is 41.0 Å². The van der Waals surface area contributed by atoms with Crippen molar-refractivity contribution in [1.82, 2.24) is 9.97 Å². The van der Waals surface area contributed by atoms with Gasteiger partial charge in [-0.2, -0.15) is 0 Å². The van der Waals surface area contributed by atoms with Crippen LogP contribution in [-0.4, -0.2) is 43.2 Å². The van der Waals surface area contributed by atoms with E-state index >= 15 is 0 Å². The Balaban J connectivity index is 1.81. The topological polar surface area (TPSA) is 33.5 Å². The summed E-state index contributed by atoms with van der Waals surface area (Å²) in [4.78, 5) is 14.2. The van der Waals surface area contributed by atoms with Crippen LogP contribution in [0.5, 0.6) is 0 Å². The van der Waals surface area contributed by atoms with Crippen LogP contribution in [0.25, 0.3) is 21.3 Å². The minimum absolute atomic E-state index is 0.758. The van der Waals surface area contributed by atoms with Crippen molar-refractivity contribution < 1.29 is 4.90 Å². The molecule has 0 amide bonds. The summed E-state index contributed by atoms with van der Waals surface area (Å²) >= 11 is 7.72. The highest BCUT2D eigenvalue weighted by atomic mass is 35.5. The van der Waals surface area contributed by atoms with Crippen LogP contribution in [0.15, 0.2) is 36.0 Å². The van der Waals surface area contributed by atoms with Gasteiger partial charge in [0.25, 0.3) is 0 Å². The van der Waals surface area contributed by atoms with Gasteiger partial charge >= 0.3 is 0 Å². The summed E-state index contributed by atoms with van der Waals surface area (Å²) in [5, 5.41) is 4.11. The van der Waals surface area contributed by atoms with Crippen LogP contribution in [0.2, 0.25) is 5.02 Å². The van der Waals surface area contributed by atoms with Crippen molar-refractivity contribution in [1.29, 1.82) is 0 Å². The Morgan fingerprint density at radius 1 is 1.12 bits per heavy atom. The Bertz CT molecular complexity index is 846. The first-order valence-electron chi connectivity index (χ1n) is 8.27. The van der Waals surface area contributed by atoms with Gasteiger partial charge in [-0.3, -0.25) is 0 Å². The summed E-state index contributed by atoms with van der Waals surface area (Å²) in [6.45, 7) is 4.46. The zero-order valence-corrected chi connectivity index (χ0v) is 15.2. The maximum Gasteiger partial charge on any atom is 0.141 e. The van der Waals surface area contributed by atoms with E-state index in [1.807, 2.05) is 12.1 Å². The highest BCUT2D eigenvalue weighted by molar-refractivity contribution is 7.17. The molecule has 1 N–H and O–H groups in total. The van der Waals surface area contributed by atoms with Gasteiger partial charge in [-0.25, -0.2) is 9.97 Å². The van der Waals surface area contributed by atoms with Crippen LogP contribution in [0.1, 0.15) is 6.42 Å². The van der Waals surface area contributed by atoms with E-state index in [2.05, 4.69) is 39.4 Å². The molecular formula is C18H20ClN4S+. The summed E-state index contributed by atoms with van der Waals surface area (Å²) < 4.78 is 0. The summed E-state index contributed by atoms with van der Waals surface area (Å²) in [6.07, 6.45) is 2.89. The van der Waals surface area contributed by atoms with E-state index in [9.17, 15) is 0 Å². The minimum Gasteiger partial charge on any atom is -0.350 e. The van der Waals surface area contributed by atoms with Crippen molar-refractivity contribution in [2.45, 2.75) is 6.42 Å². The second kappa shape index (κ2) is 6.67. The number of aromatic nitrogens is 2. The minimum atomic E-state index is 0.758. The largest absolute Gasteiger partial charge is 0.350 e. The standard InChI is InChI=1S/C18H19ClN4S/c1-22-7-2-8-23(10-9-22)17-16-15(11-24-18(16)21-12-20-17)13-3-5-14(19)6-4-13/h3-6,11-12H,2,7-10H2,1H3/p+1. The number of quaternary nitrogens is 1. The lowest BCUT2D eigenvalue weighted by Gasteiger charge is -2.21. The molecule has 0 aliphatic carbocycles. The average Bonchev–Trinajstić information content (AvgIpc) is 2.91. The van der Waals surface area contributed by atoms with Crippen LogP contribution < -0.4 is 9.80 Å². The number of benzene rings is 1. The molecule has 24 heavy (non-hydrogen) atoms. The molecule has 4 rings (SSSR count). The number of hydrogen-bond acceptors (Lipinski definition) is 4. The number of halogens is 1. The molecule has 0 bridgehead atoms. The lowest BCUT2D eigenvalue weighted by molar-refractivity contribution is -0.876. The number of thiophene rings is 1. The second-order valence-corrected chi connectivity index (χ2v) is 7.63. The summed E-state index contributed by atoms with van der Waals surface area (Å²) in [7, 11) is 2.27. The predicted molar refractivity (Wildman–Crippen MR) is 101 cm³/mol. The SMILES string of the molecule is C[NH+]1CCCN(c2ncnc3scc(-c4ccc(Cl)cc4)c23)CC1.